The third kappa shape index (κ3) is 2.12. The van der Waals surface area contributed by atoms with Crippen LogP contribution in [0.15, 0.2) is 0 Å². The fourth-order valence-electron chi connectivity index (χ4n) is 2.38. The van der Waals surface area contributed by atoms with Crippen molar-refractivity contribution in [2.75, 3.05) is 7.05 Å². The zero-order chi connectivity index (χ0) is 11.8. The van der Waals surface area contributed by atoms with Gasteiger partial charge in [0.1, 0.15) is 0 Å². The highest BCUT2D eigenvalue weighted by atomic mass is 15.5. The van der Waals surface area contributed by atoms with E-state index in [4.69, 9.17) is 0 Å². The molecule has 1 aliphatic carbocycles. The van der Waals surface area contributed by atoms with Crippen LogP contribution in [0.25, 0.3) is 0 Å². The molecule has 90 valence electrons. The Morgan fingerprint density at radius 2 is 2.12 bits per heavy atom. The van der Waals surface area contributed by atoms with E-state index in [9.17, 15) is 0 Å². The van der Waals surface area contributed by atoms with Crippen molar-refractivity contribution in [2.45, 2.75) is 58.0 Å². The van der Waals surface area contributed by atoms with Crippen LogP contribution in [0.3, 0.4) is 0 Å². The molecule has 1 atom stereocenters. The highest BCUT2D eigenvalue weighted by molar-refractivity contribution is 5.15. The number of fused-ring (bicyclic) bond motifs is 1. The zero-order valence-corrected chi connectivity index (χ0v) is 10.7. The maximum absolute atomic E-state index is 4.35. The lowest BCUT2D eigenvalue weighted by Crippen LogP contribution is -2.26. The van der Waals surface area contributed by atoms with Crippen LogP contribution >= 0.6 is 0 Å². The molecule has 0 aliphatic heterocycles. The van der Waals surface area contributed by atoms with Gasteiger partial charge in [-0.25, -0.2) is 4.68 Å². The molecule has 0 fully saturated rings. The van der Waals surface area contributed by atoms with E-state index in [0.717, 1.165) is 12.8 Å². The second-order valence-electron chi connectivity index (χ2n) is 5.65. The van der Waals surface area contributed by atoms with E-state index >= 15 is 0 Å². The van der Waals surface area contributed by atoms with E-state index < -0.39 is 0 Å². The van der Waals surface area contributed by atoms with Gasteiger partial charge in [-0.2, -0.15) is 0 Å². The molecule has 1 heterocycles. The maximum Gasteiger partial charge on any atom is 0.0874 e. The molecule has 2 rings (SSSR count). The van der Waals surface area contributed by atoms with Crippen molar-refractivity contribution in [3.63, 3.8) is 0 Å². The van der Waals surface area contributed by atoms with Gasteiger partial charge in [-0.05, 0) is 47.1 Å². The minimum Gasteiger partial charge on any atom is -0.317 e. The number of hydrogen-bond donors (Lipinski definition) is 1. The van der Waals surface area contributed by atoms with Crippen LogP contribution in [0.5, 0.6) is 0 Å². The second kappa shape index (κ2) is 4.17. The molecule has 16 heavy (non-hydrogen) atoms. The van der Waals surface area contributed by atoms with Crippen LogP contribution in [-0.2, 0) is 18.4 Å². The SMILES string of the molecule is CNC1CCCc2c(nnn2C(C)(C)C)C1. The molecule has 0 saturated heterocycles. The lowest BCUT2D eigenvalue weighted by molar-refractivity contribution is 0.334. The van der Waals surface area contributed by atoms with Gasteiger partial charge in [-0.3, -0.25) is 0 Å². The molecule has 4 heteroatoms. The Morgan fingerprint density at radius 3 is 2.75 bits per heavy atom. The van der Waals surface area contributed by atoms with Gasteiger partial charge in [0.15, 0.2) is 0 Å². The summed E-state index contributed by atoms with van der Waals surface area (Å²) in [5.41, 5.74) is 2.57. The van der Waals surface area contributed by atoms with Gasteiger partial charge >= 0.3 is 0 Å². The van der Waals surface area contributed by atoms with E-state index in [2.05, 4.69) is 41.1 Å². The normalized spacial score (nSPS) is 21.6. The summed E-state index contributed by atoms with van der Waals surface area (Å²) < 4.78 is 2.10. The van der Waals surface area contributed by atoms with E-state index in [0.29, 0.717) is 6.04 Å². The first-order chi connectivity index (χ1) is 7.52. The molecule has 1 N–H and O–H groups in total. The standard InChI is InChI=1S/C12H22N4/c1-12(2,3)16-11-7-5-6-9(13-4)8-10(11)14-15-16/h9,13H,5-8H2,1-4H3. The van der Waals surface area contributed by atoms with Crippen molar-refractivity contribution in [2.24, 2.45) is 0 Å². The summed E-state index contributed by atoms with van der Waals surface area (Å²) in [6.07, 6.45) is 4.58. The van der Waals surface area contributed by atoms with Crippen molar-refractivity contribution in [1.82, 2.24) is 20.3 Å². The summed E-state index contributed by atoms with van der Waals surface area (Å²) in [7, 11) is 2.03. The highest BCUT2D eigenvalue weighted by Crippen LogP contribution is 2.23. The Kier molecular flexibility index (Phi) is 3.02. The lowest BCUT2D eigenvalue weighted by Gasteiger charge is -2.21. The predicted molar refractivity (Wildman–Crippen MR) is 64.5 cm³/mol. The molecule has 1 unspecified atom stereocenters. The van der Waals surface area contributed by atoms with E-state index in [1.165, 1.54) is 24.2 Å². The third-order valence-electron chi connectivity index (χ3n) is 3.29. The summed E-state index contributed by atoms with van der Waals surface area (Å²) >= 11 is 0. The molecule has 1 aliphatic rings. The summed E-state index contributed by atoms with van der Waals surface area (Å²) in [5, 5.41) is 12.0. The Bertz CT molecular complexity index is 362. The summed E-state index contributed by atoms with van der Waals surface area (Å²) in [5.74, 6) is 0. The van der Waals surface area contributed by atoms with Gasteiger partial charge in [0, 0.05) is 12.5 Å². The Morgan fingerprint density at radius 1 is 1.38 bits per heavy atom. The van der Waals surface area contributed by atoms with Gasteiger partial charge in [0.05, 0.1) is 16.9 Å². The summed E-state index contributed by atoms with van der Waals surface area (Å²) in [6.45, 7) is 6.55. The van der Waals surface area contributed by atoms with Gasteiger partial charge in [0.2, 0.25) is 0 Å². The van der Waals surface area contributed by atoms with Crippen molar-refractivity contribution in [1.29, 1.82) is 0 Å². The molecular weight excluding hydrogens is 200 g/mol. The number of aromatic nitrogens is 3. The van der Waals surface area contributed by atoms with Crippen molar-refractivity contribution in [3.05, 3.63) is 11.4 Å². The van der Waals surface area contributed by atoms with E-state index in [1.54, 1.807) is 0 Å². The molecular formula is C12H22N4. The number of nitrogens with zero attached hydrogens (tertiary/aromatic N) is 3. The molecule has 0 amide bonds. The molecule has 0 saturated carbocycles. The Labute approximate surface area is 97.4 Å². The van der Waals surface area contributed by atoms with Gasteiger partial charge in [-0.15, -0.1) is 5.10 Å². The smallest absolute Gasteiger partial charge is 0.0874 e. The summed E-state index contributed by atoms with van der Waals surface area (Å²) in [6, 6.07) is 0.561. The fourth-order valence-corrected chi connectivity index (χ4v) is 2.38. The van der Waals surface area contributed by atoms with Crippen LogP contribution < -0.4 is 5.32 Å². The van der Waals surface area contributed by atoms with Crippen molar-refractivity contribution in [3.8, 4) is 0 Å². The maximum atomic E-state index is 4.35. The number of hydrogen-bond acceptors (Lipinski definition) is 3. The fraction of sp³-hybridized carbons (Fsp3) is 0.833. The average Bonchev–Trinajstić information content (AvgIpc) is 2.49. The van der Waals surface area contributed by atoms with E-state index in [1.807, 2.05) is 7.05 Å². The minimum absolute atomic E-state index is 0.0417. The van der Waals surface area contributed by atoms with Crippen molar-refractivity contribution >= 4 is 0 Å². The average molecular weight is 222 g/mol. The van der Waals surface area contributed by atoms with Gasteiger partial charge < -0.3 is 5.32 Å². The lowest BCUT2D eigenvalue weighted by atomic mass is 10.1. The summed E-state index contributed by atoms with van der Waals surface area (Å²) in [4.78, 5) is 0. The second-order valence-corrected chi connectivity index (χ2v) is 5.65. The molecule has 4 nitrogen and oxygen atoms in total. The first kappa shape index (κ1) is 11.6. The number of rotatable bonds is 1. The topological polar surface area (TPSA) is 42.7 Å². The Hall–Kier alpha value is -0.900. The first-order valence-corrected chi connectivity index (χ1v) is 6.13. The monoisotopic (exact) mass is 222 g/mol. The molecule has 1 aromatic heterocycles. The van der Waals surface area contributed by atoms with Crippen LogP contribution in [-0.4, -0.2) is 28.1 Å². The number of likely N-dealkylation sites (N-methyl/N-ethyl adjacent to an activating group) is 1. The molecule has 0 bridgehead atoms. The highest BCUT2D eigenvalue weighted by Gasteiger charge is 2.25. The minimum atomic E-state index is 0.0417. The van der Waals surface area contributed by atoms with Crippen LogP contribution in [0.2, 0.25) is 0 Å². The predicted octanol–water partition coefficient (Wildman–Crippen LogP) is 1.50. The third-order valence-corrected chi connectivity index (χ3v) is 3.29. The Balaban J connectivity index is 2.32. The molecule has 0 radical (unpaired) electrons. The zero-order valence-electron chi connectivity index (χ0n) is 10.7. The molecule has 0 aromatic carbocycles. The first-order valence-electron chi connectivity index (χ1n) is 6.13. The largest absolute Gasteiger partial charge is 0.317 e. The molecule has 1 aromatic rings. The van der Waals surface area contributed by atoms with Gasteiger partial charge in [-0.1, -0.05) is 5.21 Å². The number of nitrogens with one attached hydrogen (secondary N) is 1. The quantitative estimate of drug-likeness (QED) is 0.732. The van der Waals surface area contributed by atoms with Crippen LogP contribution in [0, 0.1) is 0 Å². The van der Waals surface area contributed by atoms with Gasteiger partial charge in [0.25, 0.3) is 0 Å². The van der Waals surface area contributed by atoms with Crippen LogP contribution in [0.4, 0.5) is 0 Å². The van der Waals surface area contributed by atoms with E-state index in [-0.39, 0.29) is 5.54 Å². The van der Waals surface area contributed by atoms with Crippen LogP contribution in [0.1, 0.15) is 45.0 Å². The van der Waals surface area contributed by atoms with Crippen molar-refractivity contribution < 1.29 is 0 Å². The molecule has 0 spiro atoms.